The lowest BCUT2D eigenvalue weighted by atomic mass is 10.1. The molecule has 23 heavy (non-hydrogen) atoms. The molecule has 0 radical (unpaired) electrons. The Balaban J connectivity index is 2.00. The van der Waals surface area contributed by atoms with E-state index in [0.29, 0.717) is 10.7 Å². The Kier molecular flexibility index (Phi) is 4.39. The smallest absolute Gasteiger partial charge is 0.261 e. The molecule has 1 aromatic heterocycles. The highest BCUT2D eigenvalue weighted by Crippen LogP contribution is 2.30. The number of hydrogen-bond acceptors (Lipinski definition) is 4. The minimum absolute atomic E-state index is 0.120. The summed E-state index contributed by atoms with van der Waals surface area (Å²) in [6.45, 7) is 1.91. The van der Waals surface area contributed by atoms with Crippen molar-refractivity contribution in [1.29, 1.82) is 0 Å². The summed E-state index contributed by atoms with van der Waals surface area (Å²) < 4.78 is 27.7. The summed E-state index contributed by atoms with van der Waals surface area (Å²) in [5.41, 5.74) is 1.97. The van der Waals surface area contributed by atoms with Crippen LogP contribution in [0.15, 0.2) is 58.8 Å². The molecule has 3 aromatic rings. The fourth-order valence-corrected chi connectivity index (χ4v) is 4.11. The zero-order chi connectivity index (χ0) is 16.4. The van der Waals surface area contributed by atoms with Gasteiger partial charge in [-0.3, -0.25) is 4.72 Å². The zero-order valence-corrected chi connectivity index (χ0v) is 14.5. The van der Waals surface area contributed by atoms with E-state index >= 15 is 0 Å². The van der Waals surface area contributed by atoms with Crippen molar-refractivity contribution in [3.05, 3.63) is 63.9 Å². The molecule has 0 unspecified atom stereocenters. The molecule has 0 saturated carbocycles. The van der Waals surface area contributed by atoms with Crippen molar-refractivity contribution in [3.8, 4) is 11.3 Å². The van der Waals surface area contributed by atoms with Crippen molar-refractivity contribution in [3.63, 3.8) is 0 Å². The number of aromatic nitrogens is 1. The summed E-state index contributed by atoms with van der Waals surface area (Å²) >= 11 is 7.40. The quantitative estimate of drug-likeness (QED) is 0.737. The van der Waals surface area contributed by atoms with Gasteiger partial charge in [-0.25, -0.2) is 13.4 Å². The first-order valence-corrected chi connectivity index (χ1v) is 9.50. The second kappa shape index (κ2) is 6.31. The van der Waals surface area contributed by atoms with E-state index in [1.54, 1.807) is 24.3 Å². The van der Waals surface area contributed by atoms with Crippen molar-refractivity contribution >= 4 is 38.6 Å². The summed E-state index contributed by atoms with van der Waals surface area (Å²) in [6.07, 6.45) is 0. The topological polar surface area (TPSA) is 59.1 Å². The molecule has 7 heteroatoms. The minimum Gasteiger partial charge on any atom is -0.279 e. The molecule has 0 fully saturated rings. The van der Waals surface area contributed by atoms with Gasteiger partial charge in [0, 0.05) is 16.0 Å². The van der Waals surface area contributed by atoms with Crippen LogP contribution in [0.1, 0.15) is 5.01 Å². The zero-order valence-electron chi connectivity index (χ0n) is 12.2. The maximum atomic E-state index is 12.6. The Hall–Kier alpha value is -1.89. The number of benzene rings is 2. The molecule has 3 rings (SSSR count). The van der Waals surface area contributed by atoms with Gasteiger partial charge >= 0.3 is 0 Å². The highest BCUT2D eigenvalue weighted by atomic mass is 35.5. The third-order valence-corrected chi connectivity index (χ3v) is 5.54. The van der Waals surface area contributed by atoms with Crippen molar-refractivity contribution < 1.29 is 8.42 Å². The number of hydrogen-bond donors (Lipinski definition) is 1. The number of thiazole rings is 1. The van der Waals surface area contributed by atoms with E-state index in [1.807, 2.05) is 24.4 Å². The molecule has 0 aliphatic rings. The van der Waals surface area contributed by atoms with Crippen LogP contribution >= 0.6 is 22.9 Å². The Labute approximate surface area is 143 Å². The summed E-state index contributed by atoms with van der Waals surface area (Å²) in [5.74, 6) is 0. The predicted molar refractivity (Wildman–Crippen MR) is 94.5 cm³/mol. The number of halogens is 1. The summed E-state index contributed by atoms with van der Waals surface area (Å²) in [7, 11) is -3.72. The molecule has 0 bridgehead atoms. The molecular formula is C16H13ClN2O2S2. The van der Waals surface area contributed by atoms with Gasteiger partial charge < -0.3 is 0 Å². The van der Waals surface area contributed by atoms with Gasteiger partial charge in [0.15, 0.2) is 0 Å². The second-order valence-corrected chi connectivity index (χ2v) is 8.04. The van der Waals surface area contributed by atoms with E-state index in [9.17, 15) is 8.42 Å². The van der Waals surface area contributed by atoms with Crippen LogP contribution in [0.25, 0.3) is 11.3 Å². The van der Waals surface area contributed by atoms with Gasteiger partial charge in [0.25, 0.3) is 10.0 Å². The van der Waals surface area contributed by atoms with Crippen LogP contribution in [0, 0.1) is 6.92 Å². The van der Waals surface area contributed by atoms with Crippen LogP contribution < -0.4 is 4.72 Å². The monoisotopic (exact) mass is 364 g/mol. The molecule has 1 N–H and O–H groups in total. The van der Waals surface area contributed by atoms with Crippen molar-refractivity contribution in [2.75, 3.05) is 4.72 Å². The van der Waals surface area contributed by atoms with Crippen LogP contribution in [-0.4, -0.2) is 13.4 Å². The standard InChI is InChI=1S/C16H13ClN2O2S2/c1-11-18-16(10-22-11)14-7-2-3-8-15(14)19-23(20,21)13-6-4-5-12(17)9-13/h2-10,19H,1H3. The molecule has 0 amide bonds. The Morgan fingerprint density at radius 1 is 1.13 bits per heavy atom. The van der Waals surface area contributed by atoms with E-state index in [1.165, 1.54) is 23.5 Å². The van der Waals surface area contributed by atoms with E-state index in [0.717, 1.165) is 16.3 Å². The molecule has 0 saturated heterocycles. The SMILES string of the molecule is Cc1nc(-c2ccccc2NS(=O)(=O)c2cccc(Cl)c2)cs1. The van der Waals surface area contributed by atoms with E-state index < -0.39 is 10.0 Å². The number of anilines is 1. The Morgan fingerprint density at radius 2 is 1.91 bits per heavy atom. The first-order chi connectivity index (χ1) is 11.0. The molecule has 0 aliphatic carbocycles. The first kappa shape index (κ1) is 16.0. The van der Waals surface area contributed by atoms with Crippen molar-refractivity contribution in [1.82, 2.24) is 4.98 Å². The second-order valence-electron chi connectivity index (χ2n) is 4.86. The molecule has 118 valence electrons. The van der Waals surface area contributed by atoms with Gasteiger partial charge in [-0.05, 0) is 31.2 Å². The number of rotatable bonds is 4. The molecule has 0 spiro atoms. The lowest BCUT2D eigenvalue weighted by molar-refractivity contribution is 0.601. The normalized spacial score (nSPS) is 11.4. The van der Waals surface area contributed by atoms with Crippen molar-refractivity contribution in [2.24, 2.45) is 0 Å². The average Bonchev–Trinajstić information content (AvgIpc) is 2.94. The predicted octanol–water partition coefficient (Wildman–Crippen LogP) is 4.57. The van der Waals surface area contributed by atoms with Gasteiger partial charge in [0.2, 0.25) is 0 Å². The average molecular weight is 365 g/mol. The van der Waals surface area contributed by atoms with Crippen LogP contribution in [0.5, 0.6) is 0 Å². The molecule has 4 nitrogen and oxygen atoms in total. The molecule has 2 aromatic carbocycles. The van der Waals surface area contributed by atoms with Gasteiger partial charge in [-0.15, -0.1) is 11.3 Å². The summed E-state index contributed by atoms with van der Waals surface area (Å²) in [5, 5.41) is 3.20. The van der Waals surface area contributed by atoms with Gasteiger partial charge in [-0.2, -0.15) is 0 Å². The van der Waals surface area contributed by atoms with Crippen LogP contribution in [-0.2, 0) is 10.0 Å². The maximum Gasteiger partial charge on any atom is 0.261 e. The Bertz CT molecular complexity index is 952. The third kappa shape index (κ3) is 3.55. The van der Waals surface area contributed by atoms with E-state index in [2.05, 4.69) is 9.71 Å². The summed E-state index contributed by atoms with van der Waals surface area (Å²) in [4.78, 5) is 4.54. The highest BCUT2D eigenvalue weighted by molar-refractivity contribution is 7.92. The number of aryl methyl sites for hydroxylation is 1. The maximum absolute atomic E-state index is 12.6. The van der Waals surface area contributed by atoms with Gasteiger partial charge in [-0.1, -0.05) is 35.9 Å². The number of para-hydroxylation sites is 1. The van der Waals surface area contributed by atoms with Crippen LogP contribution in [0.3, 0.4) is 0 Å². The van der Waals surface area contributed by atoms with Gasteiger partial charge in [0.1, 0.15) is 0 Å². The third-order valence-electron chi connectivity index (χ3n) is 3.17. The number of sulfonamides is 1. The fraction of sp³-hybridized carbons (Fsp3) is 0.0625. The number of nitrogens with one attached hydrogen (secondary N) is 1. The molecule has 1 heterocycles. The molecule has 0 atom stereocenters. The van der Waals surface area contributed by atoms with E-state index in [-0.39, 0.29) is 4.90 Å². The van der Waals surface area contributed by atoms with Gasteiger partial charge in [0.05, 0.1) is 21.3 Å². The largest absolute Gasteiger partial charge is 0.279 e. The van der Waals surface area contributed by atoms with Crippen LogP contribution in [0.2, 0.25) is 5.02 Å². The van der Waals surface area contributed by atoms with Crippen molar-refractivity contribution in [2.45, 2.75) is 11.8 Å². The first-order valence-electron chi connectivity index (χ1n) is 6.75. The number of nitrogens with zero attached hydrogens (tertiary/aromatic N) is 1. The lowest BCUT2D eigenvalue weighted by Gasteiger charge is -2.11. The lowest BCUT2D eigenvalue weighted by Crippen LogP contribution is -2.13. The molecule has 0 aliphatic heterocycles. The highest BCUT2D eigenvalue weighted by Gasteiger charge is 2.17. The van der Waals surface area contributed by atoms with E-state index in [4.69, 9.17) is 11.6 Å². The Morgan fingerprint density at radius 3 is 2.61 bits per heavy atom. The summed E-state index contributed by atoms with van der Waals surface area (Å²) in [6, 6.07) is 13.3. The van der Waals surface area contributed by atoms with Crippen LogP contribution in [0.4, 0.5) is 5.69 Å². The molecular weight excluding hydrogens is 352 g/mol. The fourth-order valence-electron chi connectivity index (χ4n) is 2.12. The minimum atomic E-state index is -3.72.